The maximum atomic E-state index is 13.4. The van der Waals surface area contributed by atoms with Crippen molar-refractivity contribution in [3.63, 3.8) is 0 Å². The first-order chi connectivity index (χ1) is 15.5. The molecule has 0 fully saturated rings. The summed E-state index contributed by atoms with van der Waals surface area (Å²) in [7, 11) is 1.64. The quantitative estimate of drug-likeness (QED) is 0.445. The van der Waals surface area contributed by atoms with Gasteiger partial charge in [0.25, 0.3) is 11.5 Å². The molecule has 1 amide bonds. The van der Waals surface area contributed by atoms with E-state index in [2.05, 4.69) is 4.98 Å². The molecule has 0 saturated carbocycles. The smallest absolute Gasteiger partial charge is 0.264 e. The molecule has 3 heterocycles. The third-order valence-electron chi connectivity index (χ3n) is 5.73. The number of ether oxygens (including phenoxy) is 1. The first-order valence-electron chi connectivity index (χ1n) is 10.1. The number of likely N-dealkylation sites (N-methyl/N-ethyl adjacent to an activating group) is 1. The van der Waals surface area contributed by atoms with Crippen LogP contribution in [-0.4, -0.2) is 34.9 Å². The molecule has 0 bridgehead atoms. The third kappa shape index (κ3) is 3.20. The normalized spacial score (nSPS) is 14.2. The number of carbonyl (C=O) groups is 2. The fourth-order valence-corrected chi connectivity index (χ4v) is 4.75. The van der Waals surface area contributed by atoms with Gasteiger partial charge in [-0.05, 0) is 30.7 Å². The van der Waals surface area contributed by atoms with Crippen molar-refractivity contribution in [1.82, 2.24) is 9.55 Å². The van der Waals surface area contributed by atoms with E-state index in [1.165, 1.54) is 27.1 Å². The van der Waals surface area contributed by atoms with Crippen LogP contribution < -0.4 is 15.2 Å². The summed E-state index contributed by atoms with van der Waals surface area (Å²) in [6.07, 6.45) is 1.43. The molecule has 7 nitrogen and oxygen atoms in total. The van der Waals surface area contributed by atoms with E-state index in [0.29, 0.717) is 27.2 Å². The number of benzene rings is 2. The Hall–Kier alpha value is -3.78. The zero-order chi connectivity index (χ0) is 22.4. The monoisotopic (exact) mass is 445 g/mol. The number of hydrogen-bond acceptors (Lipinski definition) is 6. The molecule has 4 aromatic rings. The largest absolute Gasteiger partial charge is 0.482 e. The summed E-state index contributed by atoms with van der Waals surface area (Å²) in [5.74, 6) is 0.105. The Bertz CT molecular complexity index is 1420. The maximum absolute atomic E-state index is 13.4. The second kappa shape index (κ2) is 7.72. The van der Waals surface area contributed by atoms with Gasteiger partial charge in [-0.25, -0.2) is 4.98 Å². The Morgan fingerprint density at radius 2 is 1.94 bits per heavy atom. The first kappa shape index (κ1) is 20.1. The van der Waals surface area contributed by atoms with Gasteiger partial charge in [-0.1, -0.05) is 30.3 Å². The van der Waals surface area contributed by atoms with Gasteiger partial charge in [0.1, 0.15) is 10.6 Å². The van der Waals surface area contributed by atoms with Crippen LogP contribution in [0.15, 0.2) is 65.0 Å². The van der Waals surface area contributed by atoms with E-state index >= 15 is 0 Å². The molecule has 0 radical (unpaired) electrons. The van der Waals surface area contributed by atoms with Gasteiger partial charge >= 0.3 is 0 Å². The van der Waals surface area contributed by atoms with Gasteiger partial charge in [-0.2, -0.15) is 0 Å². The van der Waals surface area contributed by atoms with Gasteiger partial charge in [0.15, 0.2) is 12.4 Å². The summed E-state index contributed by atoms with van der Waals surface area (Å²) < 4.78 is 6.80. The van der Waals surface area contributed by atoms with Crippen molar-refractivity contribution in [3.05, 3.63) is 76.2 Å². The Morgan fingerprint density at radius 3 is 2.72 bits per heavy atom. The molecular formula is C24H19N3O4S. The lowest BCUT2D eigenvalue weighted by Crippen LogP contribution is -2.35. The molecule has 0 saturated heterocycles. The number of fused-ring (bicyclic) bond motifs is 2. The highest BCUT2D eigenvalue weighted by Crippen LogP contribution is 2.33. The minimum absolute atomic E-state index is 0.0291. The van der Waals surface area contributed by atoms with Crippen LogP contribution in [0.4, 0.5) is 5.69 Å². The van der Waals surface area contributed by atoms with Gasteiger partial charge in [0.2, 0.25) is 0 Å². The van der Waals surface area contributed by atoms with E-state index in [1.807, 2.05) is 35.7 Å². The van der Waals surface area contributed by atoms with Crippen LogP contribution in [0.3, 0.4) is 0 Å². The molecule has 1 atom stereocenters. The number of rotatable bonds is 4. The molecule has 0 N–H and O–H groups in total. The van der Waals surface area contributed by atoms with Gasteiger partial charge in [0, 0.05) is 23.6 Å². The molecule has 0 aliphatic carbocycles. The average Bonchev–Trinajstić information content (AvgIpc) is 3.26. The molecule has 160 valence electrons. The van der Waals surface area contributed by atoms with Gasteiger partial charge in [-0.3, -0.25) is 19.0 Å². The van der Waals surface area contributed by atoms with Crippen LogP contribution in [0.1, 0.15) is 23.3 Å². The molecule has 5 rings (SSSR count). The number of hydrogen-bond donors (Lipinski definition) is 0. The number of anilines is 1. The molecule has 2 aromatic heterocycles. The number of Topliss-reactive ketones (excluding diaryl/α,β-unsaturated/α-hetero) is 1. The summed E-state index contributed by atoms with van der Waals surface area (Å²) in [6, 6.07) is 13.8. The number of aromatic nitrogens is 2. The van der Waals surface area contributed by atoms with Crippen LogP contribution in [0.25, 0.3) is 21.3 Å². The summed E-state index contributed by atoms with van der Waals surface area (Å²) >= 11 is 1.40. The zero-order valence-corrected chi connectivity index (χ0v) is 18.3. The topological polar surface area (TPSA) is 81.5 Å². The van der Waals surface area contributed by atoms with Crippen LogP contribution in [0.2, 0.25) is 0 Å². The molecule has 1 aliphatic rings. The lowest BCUT2D eigenvalue weighted by atomic mass is 10.0. The Morgan fingerprint density at radius 1 is 1.16 bits per heavy atom. The predicted octanol–water partition coefficient (Wildman–Crippen LogP) is 3.92. The summed E-state index contributed by atoms with van der Waals surface area (Å²) in [5.41, 5.74) is 2.40. The van der Waals surface area contributed by atoms with Crippen LogP contribution >= 0.6 is 11.3 Å². The number of thiophene rings is 1. The number of carbonyl (C=O) groups excluding carboxylic acids is 2. The number of amides is 1. The fraction of sp³-hybridized carbons (Fsp3) is 0.167. The van der Waals surface area contributed by atoms with Crippen molar-refractivity contribution >= 4 is 38.9 Å². The Labute approximate surface area is 187 Å². The molecule has 0 spiro atoms. The van der Waals surface area contributed by atoms with Gasteiger partial charge in [0.05, 0.1) is 23.4 Å². The highest BCUT2D eigenvalue weighted by Gasteiger charge is 2.26. The zero-order valence-electron chi connectivity index (χ0n) is 17.4. The van der Waals surface area contributed by atoms with Gasteiger partial charge in [-0.15, -0.1) is 11.3 Å². The fourth-order valence-electron chi connectivity index (χ4n) is 3.84. The highest BCUT2D eigenvalue weighted by molar-refractivity contribution is 7.17. The van der Waals surface area contributed by atoms with Crippen LogP contribution in [0, 0.1) is 0 Å². The number of ketones is 1. The van der Waals surface area contributed by atoms with E-state index in [4.69, 9.17) is 4.74 Å². The molecule has 32 heavy (non-hydrogen) atoms. The second-order valence-electron chi connectivity index (χ2n) is 7.62. The van der Waals surface area contributed by atoms with Crippen LogP contribution in [0.5, 0.6) is 5.75 Å². The SMILES string of the molecule is C[C@H](C(=O)c1ccc2c(c1)N(C)C(=O)CO2)n1cnc2scc(-c3ccccc3)c2c1=O. The second-order valence-corrected chi connectivity index (χ2v) is 8.47. The Balaban J connectivity index is 1.55. The third-order valence-corrected chi connectivity index (χ3v) is 6.62. The maximum Gasteiger partial charge on any atom is 0.264 e. The summed E-state index contributed by atoms with van der Waals surface area (Å²) in [5, 5.41) is 2.43. The standard InChI is InChI=1S/C24H19N3O4S/c1-14(22(29)16-8-9-19-18(10-16)26(2)20(28)11-31-19)27-13-25-23-21(24(27)30)17(12-32-23)15-6-4-3-5-7-15/h3-10,12-14H,11H2,1-2H3/t14-/m1/s1. The summed E-state index contributed by atoms with van der Waals surface area (Å²) in [4.78, 5) is 45.2. The minimum atomic E-state index is -0.772. The van der Waals surface area contributed by atoms with Crippen molar-refractivity contribution in [1.29, 1.82) is 0 Å². The van der Waals surface area contributed by atoms with E-state index in [-0.39, 0.29) is 23.9 Å². The summed E-state index contributed by atoms with van der Waals surface area (Å²) in [6.45, 7) is 1.65. The average molecular weight is 446 g/mol. The first-order valence-corrected chi connectivity index (χ1v) is 10.9. The van der Waals surface area contributed by atoms with Crippen molar-refractivity contribution in [2.45, 2.75) is 13.0 Å². The molecule has 1 aliphatic heterocycles. The van der Waals surface area contributed by atoms with Crippen LogP contribution in [-0.2, 0) is 4.79 Å². The molecule has 0 unspecified atom stereocenters. The lowest BCUT2D eigenvalue weighted by Gasteiger charge is -2.26. The molecule has 8 heteroatoms. The molecular weight excluding hydrogens is 426 g/mol. The minimum Gasteiger partial charge on any atom is -0.482 e. The lowest BCUT2D eigenvalue weighted by molar-refractivity contribution is -0.120. The van der Waals surface area contributed by atoms with E-state index in [9.17, 15) is 14.4 Å². The van der Waals surface area contributed by atoms with E-state index < -0.39 is 6.04 Å². The molecule has 2 aromatic carbocycles. The number of nitrogens with zero attached hydrogens (tertiary/aromatic N) is 3. The van der Waals surface area contributed by atoms with E-state index in [1.54, 1.807) is 32.2 Å². The van der Waals surface area contributed by atoms with Gasteiger partial charge < -0.3 is 9.64 Å². The van der Waals surface area contributed by atoms with Crippen molar-refractivity contribution in [2.24, 2.45) is 0 Å². The van der Waals surface area contributed by atoms with Crippen molar-refractivity contribution in [2.75, 3.05) is 18.6 Å². The van der Waals surface area contributed by atoms with E-state index in [0.717, 1.165) is 11.1 Å². The highest BCUT2D eigenvalue weighted by atomic mass is 32.1. The predicted molar refractivity (Wildman–Crippen MR) is 124 cm³/mol. The van der Waals surface area contributed by atoms with Crippen molar-refractivity contribution < 1.29 is 14.3 Å². The Kier molecular flexibility index (Phi) is 4.86. The van der Waals surface area contributed by atoms with Crippen molar-refractivity contribution in [3.8, 4) is 16.9 Å².